The van der Waals surface area contributed by atoms with Crippen molar-refractivity contribution in [3.8, 4) is 0 Å². The van der Waals surface area contributed by atoms with Gasteiger partial charge in [-0.1, -0.05) is 18.2 Å². The minimum absolute atomic E-state index is 0.0401. The SMILES string of the molecule is COC(C)CCC(=O)NCCc1ccccc1C(=O)O. The normalized spacial score (nSPS) is 11.9. The van der Waals surface area contributed by atoms with Crippen molar-refractivity contribution < 1.29 is 19.4 Å². The van der Waals surface area contributed by atoms with Gasteiger partial charge in [-0.05, 0) is 31.4 Å². The quantitative estimate of drug-likeness (QED) is 0.761. The maximum absolute atomic E-state index is 11.6. The Morgan fingerprint density at radius 2 is 2.05 bits per heavy atom. The van der Waals surface area contributed by atoms with E-state index in [-0.39, 0.29) is 17.6 Å². The van der Waals surface area contributed by atoms with E-state index >= 15 is 0 Å². The zero-order valence-corrected chi connectivity index (χ0v) is 11.9. The van der Waals surface area contributed by atoms with E-state index in [2.05, 4.69) is 5.32 Å². The number of benzene rings is 1. The van der Waals surface area contributed by atoms with Gasteiger partial charge < -0.3 is 15.2 Å². The lowest BCUT2D eigenvalue weighted by Gasteiger charge is -2.10. The third-order valence-electron chi connectivity index (χ3n) is 3.14. The van der Waals surface area contributed by atoms with Gasteiger partial charge in [-0.3, -0.25) is 4.79 Å². The first-order chi connectivity index (χ1) is 9.54. The molecule has 1 aromatic carbocycles. The number of carbonyl (C=O) groups excluding carboxylic acids is 1. The lowest BCUT2D eigenvalue weighted by atomic mass is 10.0. The molecule has 110 valence electrons. The van der Waals surface area contributed by atoms with Gasteiger partial charge in [-0.2, -0.15) is 0 Å². The number of aromatic carboxylic acids is 1. The molecule has 5 heteroatoms. The number of hydrogen-bond donors (Lipinski definition) is 2. The Bertz CT molecular complexity index is 459. The molecule has 1 unspecified atom stereocenters. The number of carbonyl (C=O) groups is 2. The van der Waals surface area contributed by atoms with Crippen molar-refractivity contribution in [2.24, 2.45) is 0 Å². The summed E-state index contributed by atoms with van der Waals surface area (Å²) in [5.41, 5.74) is 1.01. The van der Waals surface area contributed by atoms with Crippen LogP contribution in [-0.4, -0.2) is 36.7 Å². The Hall–Kier alpha value is -1.88. The van der Waals surface area contributed by atoms with Crippen molar-refractivity contribution in [3.05, 3.63) is 35.4 Å². The summed E-state index contributed by atoms with van der Waals surface area (Å²) in [7, 11) is 1.62. The molecule has 1 amide bonds. The highest BCUT2D eigenvalue weighted by Gasteiger charge is 2.09. The average molecular weight is 279 g/mol. The largest absolute Gasteiger partial charge is 0.478 e. The molecule has 0 fully saturated rings. The van der Waals surface area contributed by atoms with Gasteiger partial charge in [0.1, 0.15) is 0 Å². The fraction of sp³-hybridized carbons (Fsp3) is 0.467. The van der Waals surface area contributed by atoms with Gasteiger partial charge in [0.15, 0.2) is 0 Å². The average Bonchev–Trinajstić information content (AvgIpc) is 2.45. The molecule has 0 bridgehead atoms. The molecule has 0 spiro atoms. The van der Waals surface area contributed by atoms with Crippen LogP contribution in [0.5, 0.6) is 0 Å². The van der Waals surface area contributed by atoms with Crippen molar-refractivity contribution in [1.82, 2.24) is 5.32 Å². The van der Waals surface area contributed by atoms with Crippen molar-refractivity contribution in [2.45, 2.75) is 32.3 Å². The zero-order valence-electron chi connectivity index (χ0n) is 11.9. The Morgan fingerprint density at radius 3 is 2.70 bits per heavy atom. The molecule has 0 aliphatic rings. The van der Waals surface area contributed by atoms with E-state index in [0.29, 0.717) is 25.8 Å². The molecular formula is C15H21NO4. The van der Waals surface area contributed by atoms with Crippen molar-refractivity contribution >= 4 is 11.9 Å². The third kappa shape index (κ3) is 5.40. The molecule has 1 atom stereocenters. The number of amides is 1. The molecule has 0 aromatic heterocycles. The summed E-state index contributed by atoms with van der Waals surface area (Å²) in [5, 5.41) is 11.8. The summed E-state index contributed by atoms with van der Waals surface area (Å²) < 4.78 is 5.07. The fourth-order valence-electron chi connectivity index (χ4n) is 1.82. The number of rotatable bonds is 8. The van der Waals surface area contributed by atoms with E-state index in [1.165, 1.54) is 0 Å². The molecule has 0 heterocycles. The molecular weight excluding hydrogens is 258 g/mol. The van der Waals surface area contributed by atoms with Crippen LogP contribution in [0.3, 0.4) is 0 Å². The van der Waals surface area contributed by atoms with Gasteiger partial charge in [0.05, 0.1) is 11.7 Å². The van der Waals surface area contributed by atoms with Gasteiger partial charge in [-0.15, -0.1) is 0 Å². The van der Waals surface area contributed by atoms with Crippen LogP contribution in [0, 0.1) is 0 Å². The molecule has 0 saturated carbocycles. The number of carboxylic acids is 1. The second-order valence-corrected chi connectivity index (χ2v) is 4.65. The highest BCUT2D eigenvalue weighted by atomic mass is 16.5. The topological polar surface area (TPSA) is 75.6 Å². The first kappa shape index (κ1) is 16.2. The molecule has 1 rings (SSSR count). The number of methoxy groups -OCH3 is 1. The second-order valence-electron chi connectivity index (χ2n) is 4.65. The minimum Gasteiger partial charge on any atom is -0.478 e. The highest BCUT2D eigenvalue weighted by Crippen LogP contribution is 2.09. The monoisotopic (exact) mass is 279 g/mol. The Morgan fingerprint density at radius 1 is 1.35 bits per heavy atom. The van der Waals surface area contributed by atoms with Crippen molar-refractivity contribution in [3.63, 3.8) is 0 Å². The molecule has 1 aromatic rings. The van der Waals surface area contributed by atoms with Crippen LogP contribution in [0.1, 0.15) is 35.7 Å². The third-order valence-corrected chi connectivity index (χ3v) is 3.14. The molecule has 20 heavy (non-hydrogen) atoms. The van der Waals surface area contributed by atoms with Crippen LogP contribution < -0.4 is 5.32 Å². The molecule has 0 saturated heterocycles. The zero-order chi connectivity index (χ0) is 15.0. The standard InChI is InChI=1S/C15H21NO4/c1-11(20-2)7-8-14(17)16-10-9-12-5-3-4-6-13(12)15(18)19/h3-6,11H,7-10H2,1-2H3,(H,16,17)(H,18,19). The predicted molar refractivity (Wildman–Crippen MR) is 75.8 cm³/mol. The number of ether oxygens (including phenoxy) is 1. The maximum Gasteiger partial charge on any atom is 0.335 e. The molecule has 2 N–H and O–H groups in total. The molecule has 0 aliphatic carbocycles. The second kappa shape index (κ2) is 8.32. The fourth-order valence-corrected chi connectivity index (χ4v) is 1.82. The Balaban J connectivity index is 2.37. The lowest BCUT2D eigenvalue weighted by molar-refractivity contribution is -0.121. The van der Waals surface area contributed by atoms with E-state index in [0.717, 1.165) is 5.56 Å². The summed E-state index contributed by atoms with van der Waals surface area (Å²) in [5.74, 6) is -0.984. The van der Waals surface area contributed by atoms with Gasteiger partial charge in [0, 0.05) is 20.1 Å². The summed E-state index contributed by atoms with van der Waals surface area (Å²) in [4.78, 5) is 22.6. The van der Waals surface area contributed by atoms with Gasteiger partial charge in [0.2, 0.25) is 5.91 Å². The Kier molecular flexibility index (Phi) is 6.73. The number of nitrogens with one attached hydrogen (secondary N) is 1. The summed E-state index contributed by atoms with van der Waals surface area (Å²) in [6, 6.07) is 6.82. The van der Waals surface area contributed by atoms with Crippen LogP contribution >= 0.6 is 0 Å². The van der Waals surface area contributed by atoms with Crippen molar-refractivity contribution in [1.29, 1.82) is 0 Å². The van der Waals surface area contributed by atoms with Gasteiger partial charge >= 0.3 is 5.97 Å². The number of hydrogen-bond acceptors (Lipinski definition) is 3. The van der Waals surface area contributed by atoms with Crippen LogP contribution in [0.15, 0.2) is 24.3 Å². The van der Waals surface area contributed by atoms with Crippen LogP contribution in [0.2, 0.25) is 0 Å². The van der Waals surface area contributed by atoms with Gasteiger partial charge in [-0.25, -0.2) is 4.79 Å². The van der Waals surface area contributed by atoms with E-state index in [4.69, 9.17) is 9.84 Å². The van der Waals surface area contributed by atoms with Crippen LogP contribution in [-0.2, 0) is 16.0 Å². The van der Waals surface area contributed by atoms with Gasteiger partial charge in [0.25, 0.3) is 0 Å². The van der Waals surface area contributed by atoms with E-state index < -0.39 is 5.97 Å². The smallest absolute Gasteiger partial charge is 0.335 e. The molecule has 0 radical (unpaired) electrons. The van der Waals surface area contributed by atoms with E-state index in [9.17, 15) is 9.59 Å². The Labute approximate surface area is 118 Å². The number of carboxylic acid groups (broad SMARTS) is 1. The summed E-state index contributed by atoms with van der Waals surface area (Å²) >= 11 is 0. The van der Waals surface area contributed by atoms with Crippen LogP contribution in [0.4, 0.5) is 0 Å². The predicted octanol–water partition coefficient (Wildman–Crippen LogP) is 1.86. The highest BCUT2D eigenvalue weighted by molar-refractivity contribution is 5.89. The first-order valence-corrected chi connectivity index (χ1v) is 6.65. The minimum atomic E-state index is -0.944. The van der Waals surface area contributed by atoms with E-state index in [1.807, 2.05) is 6.92 Å². The molecule has 5 nitrogen and oxygen atoms in total. The van der Waals surface area contributed by atoms with Crippen molar-refractivity contribution in [2.75, 3.05) is 13.7 Å². The van der Waals surface area contributed by atoms with Crippen LogP contribution in [0.25, 0.3) is 0 Å². The first-order valence-electron chi connectivity index (χ1n) is 6.65. The summed E-state index contributed by atoms with van der Waals surface area (Å²) in [6.45, 7) is 2.35. The summed E-state index contributed by atoms with van der Waals surface area (Å²) in [6.07, 6.45) is 1.66. The lowest BCUT2D eigenvalue weighted by Crippen LogP contribution is -2.26. The van der Waals surface area contributed by atoms with E-state index in [1.54, 1.807) is 31.4 Å². The maximum atomic E-state index is 11.6. The molecule has 0 aliphatic heterocycles.